The van der Waals surface area contributed by atoms with Crippen LogP contribution in [0.2, 0.25) is 0 Å². The van der Waals surface area contributed by atoms with Crippen molar-refractivity contribution in [2.45, 2.75) is 39.7 Å². The molecule has 1 fully saturated rings. The lowest BCUT2D eigenvalue weighted by atomic mass is 10.0. The van der Waals surface area contributed by atoms with E-state index >= 15 is 0 Å². The summed E-state index contributed by atoms with van der Waals surface area (Å²) >= 11 is 0. The van der Waals surface area contributed by atoms with Gasteiger partial charge in [0.15, 0.2) is 0 Å². The lowest BCUT2D eigenvalue weighted by Gasteiger charge is -2.36. The highest BCUT2D eigenvalue weighted by Crippen LogP contribution is 2.14. The number of hydrogen-bond donors (Lipinski definition) is 0. The summed E-state index contributed by atoms with van der Waals surface area (Å²) in [4.78, 5) is 5.02. The van der Waals surface area contributed by atoms with E-state index in [9.17, 15) is 0 Å². The molecule has 0 N–H and O–H groups in total. The number of likely N-dealkylation sites (tertiary alicyclic amines) is 1. The minimum Gasteiger partial charge on any atom is -0.380 e. The van der Waals surface area contributed by atoms with Gasteiger partial charge in [0, 0.05) is 19.2 Å². The molecule has 0 spiro atoms. The first-order chi connectivity index (χ1) is 8.13. The highest BCUT2D eigenvalue weighted by Gasteiger charge is 2.20. The third kappa shape index (κ3) is 5.84. The number of rotatable bonds is 7. The predicted molar refractivity (Wildman–Crippen MR) is 73.4 cm³/mol. The van der Waals surface area contributed by atoms with E-state index in [0.717, 1.165) is 25.8 Å². The van der Waals surface area contributed by atoms with Crippen LogP contribution in [-0.2, 0) is 4.74 Å². The molecule has 0 aromatic heterocycles. The largest absolute Gasteiger partial charge is 0.380 e. The van der Waals surface area contributed by atoms with Gasteiger partial charge < -0.3 is 14.5 Å². The predicted octanol–water partition coefficient (Wildman–Crippen LogP) is 2.08. The zero-order valence-corrected chi connectivity index (χ0v) is 12.1. The van der Waals surface area contributed by atoms with Gasteiger partial charge in [-0.2, -0.15) is 0 Å². The molecule has 1 aliphatic heterocycles. The summed E-state index contributed by atoms with van der Waals surface area (Å²) in [7, 11) is 2.24. The fourth-order valence-electron chi connectivity index (χ4n) is 2.39. The topological polar surface area (TPSA) is 15.7 Å². The van der Waals surface area contributed by atoms with Crippen molar-refractivity contribution < 1.29 is 4.74 Å². The Labute approximate surface area is 107 Å². The quantitative estimate of drug-likeness (QED) is 0.636. The normalized spacial score (nSPS) is 19.4. The molecule has 0 atom stereocenters. The van der Waals surface area contributed by atoms with Crippen molar-refractivity contribution in [2.75, 3.05) is 46.4 Å². The zero-order chi connectivity index (χ0) is 12.7. The van der Waals surface area contributed by atoms with Gasteiger partial charge in [-0.15, -0.1) is 0 Å². The summed E-state index contributed by atoms with van der Waals surface area (Å²) in [5, 5.41) is 0. The minimum absolute atomic E-state index is 0.646. The van der Waals surface area contributed by atoms with Gasteiger partial charge in [0.05, 0.1) is 6.61 Å². The maximum absolute atomic E-state index is 5.65. The van der Waals surface area contributed by atoms with Gasteiger partial charge in [-0.1, -0.05) is 20.8 Å². The summed E-state index contributed by atoms with van der Waals surface area (Å²) < 4.78 is 5.65. The van der Waals surface area contributed by atoms with E-state index in [1.54, 1.807) is 0 Å². The van der Waals surface area contributed by atoms with E-state index < -0.39 is 0 Å². The molecule has 0 radical (unpaired) electrons. The van der Waals surface area contributed by atoms with Crippen LogP contribution in [0.1, 0.15) is 33.6 Å². The molecule has 1 saturated heterocycles. The van der Waals surface area contributed by atoms with E-state index in [4.69, 9.17) is 4.74 Å². The minimum atomic E-state index is 0.646. The SMILES string of the molecule is CCN1CCC(N(C)CCOCC(C)C)CC1. The van der Waals surface area contributed by atoms with Crippen LogP contribution in [0.25, 0.3) is 0 Å². The third-order valence-electron chi connectivity index (χ3n) is 3.67. The third-order valence-corrected chi connectivity index (χ3v) is 3.67. The molecule has 0 aromatic carbocycles. The van der Waals surface area contributed by atoms with E-state index in [1.165, 1.54) is 32.5 Å². The van der Waals surface area contributed by atoms with Gasteiger partial charge in [0.25, 0.3) is 0 Å². The second kappa shape index (κ2) is 8.06. The number of piperidine rings is 1. The van der Waals surface area contributed by atoms with E-state index in [-0.39, 0.29) is 0 Å². The Balaban J connectivity index is 2.09. The molecule has 1 heterocycles. The van der Waals surface area contributed by atoms with Crippen molar-refractivity contribution in [3.8, 4) is 0 Å². The van der Waals surface area contributed by atoms with E-state index in [1.807, 2.05) is 0 Å². The van der Waals surface area contributed by atoms with Crippen LogP contribution in [0, 0.1) is 5.92 Å². The molecule has 0 unspecified atom stereocenters. The van der Waals surface area contributed by atoms with Crippen molar-refractivity contribution in [3.05, 3.63) is 0 Å². The first-order valence-corrected chi connectivity index (χ1v) is 7.13. The number of likely N-dealkylation sites (N-methyl/N-ethyl adjacent to an activating group) is 1. The van der Waals surface area contributed by atoms with Crippen LogP contribution >= 0.6 is 0 Å². The van der Waals surface area contributed by atoms with Crippen molar-refractivity contribution in [1.82, 2.24) is 9.80 Å². The van der Waals surface area contributed by atoms with Crippen LogP contribution in [0.3, 0.4) is 0 Å². The maximum atomic E-state index is 5.65. The molecule has 3 nitrogen and oxygen atoms in total. The van der Waals surface area contributed by atoms with Gasteiger partial charge in [-0.3, -0.25) is 0 Å². The van der Waals surface area contributed by atoms with Crippen molar-refractivity contribution >= 4 is 0 Å². The van der Waals surface area contributed by atoms with Gasteiger partial charge in [0.2, 0.25) is 0 Å². The molecule has 1 rings (SSSR count). The molecule has 17 heavy (non-hydrogen) atoms. The molecule has 0 saturated carbocycles. The molecule has 0 amide bonds. The van der Waals surface area contributed by atoms with Crippen molar-refractivity contribution in [2.24, 2.45) is 5.92 Å². The molecule has 1 aliphatic rings. The molecule has 0 bridgehead atoms. The second-order valence-electron chi connectivity index (χ2n) is 5.61. The highest BCUT2D eigenvalue weighted by molar-refractivity contribution is 4.77. The van der Waals surface area contributed by atoms with Crippen LogP contribution in [-0.4, -0.2) is 62.3 Å². The highest BCUT2D eigenvalue weighted by atomic mass is 16.5. The summed E-state index contributed by atoms with van der Waals surface area (Å²) in [5.41, 5.74) is 0. The smallest absolute Gasteiger partial charge is 0.0593 e. The Morgan fingerprint density at radius 3 is 2.47 bits per heavy atom. The summed E-state index contributed by atoms with van der Waals surface area (Å²) in [5.74, 6) is 0.646. The van der Waals surface area contributed by atoms with Crippen molar-refractivity contribution in [1.29, 1.82) is 0 Å². The fourth-order valence-corrected chi connectivity index (χ4v) is 2.39. The Morgan fingerprint density at radius 2 is 1.94 bits per heavy atom. The van der Waals surface area contributed by atoms with Crippen LogP contribution < -0.4 is 0 Å². The average molecular weight is 242 g/mol. The monoisotopic (exact) mass is 242 g/mol. The van der Waals surface area contributed by atoms with Gasteiger partial charge in [0.1, 0.15) is 0 Å². The maximum Gasteiger partial charge on any atom is 0.0593 e. The van der Waals surface area contributed by atoms with Crippen LogP contribution in [0.15, 0.2) is 0 Å². The molecule has 3 heteroatoms. The van der Waals surface area contributed by atoms with Gasteiger partial charge in [-0.05, 0) is 45.4 Å². The lowest BCUT2D eigenvalue weighted by molar-refractivity contribution is 0.0661. The lowest BCUT2D eigenvalue weighted by Crippen LogP contribution is -2.44. The standard InChI is InChI=1S/C14H30N2O/c1-5-16-8-6-14(7-9-16)15(4)10-11-17-12-13(2)3/h13-14H,5-12H2,1-4H3. The fraction of sp³-hybridized carbons (Fsp3) is 1.00. The molecule has 102 valence electrons. The van der Waals surface area contributed by atoms with Crippen LogP contribution in [0.4, 0.5) is 0 Å². The Kier molecular flexibility index (Phi) is 7.09. The molecule has 0 aliphatic carbocycles. The average Bonchev–Trinajstić information content (AvgIpc) is 2.34. The number of ether oxygens (including phenoxy) is 1. The molecule has 0 aromatic rings. The number of nitrogens with zero attached hydrogens (tertiary/aromatic N) is 2. The van der Waals surface area contributed by atoms with E-state index in [2.05, 4.69) is 37.6 Å². The molecular weight excluding hydrogens is 212 g/mol. The number of hydrogen-bond acceptors (Lipinski definition) is 3. The first-order valence-electron chi connectivity index (χ1n) is 7.13. The Morgan fingerprint density at radius 1 is 1.29 bits per heavy atom. The Hall–Kier alpha value is -0.120. The summed E-state index contributed by atoms with van der Waals surface area (Å²) in [6.07, 6.45) is 2.63. The van der Waals surface area contributed by atoms with Gasteiger partial charge >= 0.3 is 0 Å². The van der Waals surface area contributed by atoms with Gasteiger partial charge in [-0.25, -0.2) is 0 Å². The van der Waals surface area contributed by atoms with E-state index in [0.29, 0.717) is 5.92 Å². The first kappa shape index (κ1) is 14.9. The Bertz CT molecular complexity index is 189. The zero-order valence-electron chi connectivity index (χ0n) is 12.1. The molecular formula is C14H30N2O. The van der Waals surface area contributed by atoms with Crippen LogP contribution in [0.5, 0.6) is 0 Å². The summed E-state index contributed by atoms with van der Waals surface area (Å²) in [6.45, 7) is 13.2. The summed E-state index contributed by atoms with van der Waals surface area (Å²) in [6, 6.07) is 0.764. The second-order valence-corrected chi connectivity index (χ2v) is 5.61. The van der Waals surface area contributed by atoms with Crippen molar-refractivity contribution in [3.63, 3.8) is 0 Å².